The minimum atomic E-state index is -4.46. The lowest BCUT2D eigenvalue weighted by molar-refractivity contribution is -0.191. The number of nitrogen functional groups attached to an aromatic ring is 1. The van der Waals surface area contributed by atoms with Crippen LogP contribution in [-0.2, 0) is 4.74 Å². The summed E-state index contributed by atoms with van der Waals surface area (Å²) in [6.45, 7) is 5.65. The number of pyridine rings is 1. The van der Waals surface area contributed by atoms with Gasteiger partial charge in [0.25, 0.3) is 0 Å². The van der Waals surface area contributed by atoms with Gasteiger partial charge in [0, 0.05) is 31.4 Å². The van der Waals surface area contributed by atoms with Crippen molar-refractivity contribution in [3.63, 3.8) is 0 Å². The number of carbonyl (C=O) groups is 1. The van der Waals surface area contributed by atoms with Gasteiger partial charge in [-0.25, -0.2) is 15.6 Å². The number of nitrogens with one attached hydrogen (secondary N) is 1. The van der Waals surface area contributed by atoms with E-state index in [0.717, 1.165) is 0 Å². The zero-order valence-electron chi connectivity index (χ0n) is 15.5. The SMILES string of the molecule is CC(C)(C)OC(=O)N1C[C@@H]2C[C@H]1CN2[C@H](c1ccc(NN)nc1)C(F)(F)F. The Morgan fingerprint density at radius 1 is 1.30 bits per heavy atom. The van der Waals surface area contributed by atoms with Crippen molar-refractivity contribution in [3.05, 3.63) is 23.9 Å². The Bertz CT molecular complexity index is 689. The lowest BCUT2D eigenvalue weighted by atomic mass is 10.1. The number of amides is 1. The number of hydrazine groups is 1. The Morgan fingerprint density at radius 2 is 2.00 bits per heavy atom. The van der Waals surface area contributed by atoms with E-state index in [0.29, 0.717) is 12.2 Å². The van der Waals surface area contributed by atoms with E-state index < -0.39 is 23.9 Å². The standard InChI is InChI=1S/C17H24F3N5O2/c1-16(2,3)27-15(26)25-9-11-6-12(25)8-24(11)14(17(18,19)20)10-4-5-13(23-21)22-7-10/h4-5,7,11-12,14H,6,8-9,21H2,1-3H3,(H,22,23)/t11-,12-,14+/m0/s1. The van der Waals surface area contributed by atoms with Crippen LogP contribution in [0.3, 0.4) is 0 Å². The molecule has 0 aliphatic carbocycles. The summed E-state index contributed by atoms with van der Waals surface area (Å²) >= 11 is 0. The van der Waals surface area contributed by atoms with Gasteiger partial charge in [-0.15, -0.1) is 0 Å². The first-order valence-corrected chi connectivity index (χ1v) is 8.74. The molecule has 1 aromatic rings. The third kappa shape index (κ3) is 4.11. The van der Waals surface area contributed by atoms with Crippen LogP contribution in [0.4, 0.5) is 23.8 Å². The summed E-state index contributed by atoms with van der Waals surface area (Å²) in [6.07, 6.45) is -3.24. The summed E-state index contributed by atoms with van der Waals surface area (Å²) in [4.78, 5) is 19.2. The van der Waals surface area contributed by atoms with Gasteiger partial charge < -0.3 is 15.1 Å². The Labute approximate surface area is 155 Å². The molecule has 7 nitrogen and oxygen atoms in total. The lowest BCUT2D eigenvalue weighted by Gasteiger charge is -2.39. The van der Waals surface area contributed by atoms with Crippen LogP contribution in [0.15, 0.2) is 18.3 Å². The average Bonchev–Trinajstić information content (AvgIpc) is 3.13. The molecule has 0 aromatic carbocycles. The highest BCUT2D eigenvalue weighted by Gasteiger charge is 2.55. The van der Waals surface area contributed by atoms with E-state index in [9.17, 15) is 18.0 Å². The Morgan fingerprint density at radius 3 is 2.44 bits per heavy atom. The van der Waals surface area contributed by atoms with Crippen LogP contribution >= 0.6 is 0 Å². The Hall–Kier alpha value is -2.07. The normalized spacial score (nSPS) is 24.2. The van der Waals surface area contributed by atoms with Crippen LogP contribution in [0, 0.1) is 0 Å². The van der Waals surface area contributed by atoms with E-state index >= 15 is 0 Å². The number of aromatic nitrogens is 1. The predicted octanol–water partition coefficient (Wildman–Crippen LogP) is 2.66. The highest BCUT2D eigenvalue weighted by atomic mass is 19.4. The first-order valence-electron chi connectivity index (χ1n) is 8.74. The number of likely N-dealkylation sites (tertiary alicyclic amines) is 2. The fraction of sp³-hybridized carbons (Fsp3) is 0.647. The molecule has 0 saturated carbocycles. The molecule has 3 N–H and O–H groups in total. The van der Waals surface area contributed by atoms with Gasteiger partial charge in [-0.2, -0.15) is 13.2 Å². The molecule has 150 valence electrons. The Balaban J connectivity index is 1.77. The molecule has 3 atom stereocenters. The third-order valence-electron chi connectivity index (χ3n) is 4.80. The van der Waals surface area contributed by atoms with E-state index in [-0.39, 0.29) is 30.7 Å². The molecule has 0 spiro atoms. The number of hydrogen-bond acceptors (Lipinski definition) is 6. The second-order valence-electron chi connectivity index (χ2n) is 7.94. The van der Waals surface area contributed by atoms with Gasteiger partial charge in [0.1, 0.15) is 17.5 Å². The predicted molar refractivity (Wildman–Crippen MR) is 92.7 cm³/mol. The number of carbonyl (C=O) groups excluding carboxylic acids is 1. The summed E-state index contributed by atoms with van der Waals surface area (Å²) in [5.41, 5.74) is 1.71. The lowest BCUT2D eigenvalue weighted by Crippen LogP contribution is -2.53. The number of anilines is 1. The van der Waals surface area contributed by atoms with Gasteiger partial charge in [0.15, 0.2) is 0 Å². The topological polar surface area (TPSA) is 83.7 Å². The van der Waals surface area contributed by atoms with E-state index in [2.05, 4.69) is 10.4 Å². The van der Waals surface area contributed by atoms with Crippen LogP contribution < -0.4 is 11.3 Å². The van der Waals surface area contributed by atoms with E-state index in [1.807, 2.05) is 0 Å². The number of rotatable bonds is 3. The summed E-state index contributed by atoms with van der Waals surface area (Å²) < 4.78 is 46.8. The summed E-state index contributed by atoms with van der Waals surface area (Å²) in [5.74, 6) is 5.52. The zero-order chi connectivity index (χ0) is 20.0. The maximum absolute atomic E-state index is 13.8. The van der Waals surface area contributed by atoms with Gasteiger partial charge in [-0.1, -0.05) is 6.07 Å². The van der Waals surface area contributed by atoms with E-state index in [1.54, 1.807) is 25.7 Å². The summed E-state index contributed by atoms with van der Waals surface area (Å²) in [5, 5.41) is 0. The maximum Gasteiger partial charge on any atom is 0.410 e. The molecule has 3 rings (SSSR count). The van der Waals surface area contributed by atoms with Crippen molar-refractivity contribution in [2.24, 2.45) is 5.84 Å². The van der Waals surface area contributed by atoms with Crippen LogP contribution in [0.1, 0.15) is 38.8 Å². The largest absolute Gasteiger partial charge is 0.444 e. The molecule has 3 heterocycles. The molecule has 2 aliphatic heterocycles. The van der Waals surface area contributed by atoms with Gasteiger partial charge in [0.05, 0.1) is 0 Å². The first-order chi connectivity index (χ1) is 12.5. The molecule has 2 saturated heterocycles. The fourth-order valence-corrected chi connectivity index (χ4v) is 3.78. The zero-order valence-corrected chi connectivity index (χ0v) is 15.5. The number of piperazine rings is 1. The number of nitrogens with zero attached hydrogens (tertiary/aromatic N) is 3. The number of alkyl halides is 3. The fourth-order valence-electron chi connectivity index (χ4n) is 3.78. The number of nitrogens with two attached hydrogens (primary N) is 1. The molecule has 0 unspecified atom stereocenters. The van der Waals surface area contributed by atoms with Crippen LogP contribution in [0.5, 0.6) is 0 Å². The second kappa shape index (κ2) is 6.83. The number of halogens is 3. The van der Waals surface area contributed by atoms with Gasteiger partial charge >= 0.3 is 12.3 Å². The number of ether oxygens (including phenoxy) is 1. The number of fused-ring (bicyclic) bond motifs is 2. The highest BCUT2D eigenvalue weighted by Crippen LogP contribution is 2.44. The molecular weight excluding hydrogens is 363 g/mol. The monoisotopic (exact) mass is 387 g/mol. The maximum atomic E-state index is 13.8. The summed E-state index contributed by atoms with van der Waals surface area (Å²) in [6, 6.07) is 0.356. The van der Waals surface area contributed by atoms with Gasteiger partial charge in [-0.05, 0) is 38.8 Å². The first kappa shape index (κ1) is 19.7. The van der Waals surface area contributed by atoms with E-state index in [1.165, 1.54) is 23.2 Å². The molecule has 2 aliphatic rings. The molecule has 2 bridgehead atoms. The Kier molecular flexibility index (Phi) is 4.98. The van der Waals surface area contributed by atoms with Crippen molar-refractivity contribution in [2.45, 2.75) is 57.1 Å². The van der Waals surface area contributed by atoms with Gasteiger partial charge in [-0.3, -0.25) is 4.90 Å². The third-order valence-corrected chi connectivity index (χ3v) is 4.80. The molecule has 1 amide bonds. The highest BCUT2D eigenvalue weighted by molar-refractivity contribution is 5.69. The van der Waals surface area contributed by atoms with Crippen molar-refractivity contribution < 1.29 is 22.7 Å². The average molecular weight is 387 g/mol. The van der Waals surface area contributed by atoms with Crippen LogP contribution in [0.25, 0.3) is 0 Å². The van der Waals surface area contributed by atoms with Crippen molar-refractivity contribution in [1.82, 2.24) is 14.8 Å². The molecular formula is C17H24F3N5O2. The quantitative estimate of drug-likeness (QED) is 0.613. The molecule has 0 radical (unpaired) electrons. The second-order valence-corrected chi connectivity index (χ2v) is 7.94. The van der Waals surface area contributed by atoms with Crippen molar-refractivity contribution in [1.29, 1.82) is 0 Å². The van der Waals surface area contributed by atoms with E-state index in [4.69, 9.17) is 10.6 Å². The number of hydrogen-bond donors (Lipinski definition) is 2. The van der Waals surface area contributed by atoms with Crippen LogP contribution in [0.2, 0.25) is 0 Å². The van der Waals surface area contributed by atoms with Crippen molar-refractivity contribution in [3.8, 4) is 0 Å². The smallest absolute Gasteiger partial charge is 0.410 e. The van der Waals surface area contributed by atoms with Gasteiger partial charge in [0.2, 0.25) is 0 Å². The summed E-state index contributed by atoms with van der Waals surface area (Å²) in [7, 11) is 0. The molecule has 2 fully saturated rings. The molecule has 1 aromatic heterocycles. The molecule has 10 heteroatoms. The van der Waals surface area contributed by atoms with Crippen molar-refractivity contribution in [2.75, 3.05) is 18.5 Å². The van der Waals surface area contributed by atoms with Crippen LogP contribution in [-0.4, -0.2) is 57.8 Å². The molecule has 27 heavy (non-hydrogen) atoms. The minimum Gasteiger partial charge on any atom is -0.444 e. The minimum absolute atomic E-state index is 0.0536. The van der Waals surface area contributed by atoms with Crippen molar-refractivity contribution >= 4 is 11.9 Å².